The van der Waals surface area contributed by atoms with Crippen molar-refractivity contribution in [1.29, 1.82) is 0 Å². The van der Waals surface area contributed by atoms with Crippen LogP contribution in [0.2, 0.25) is 0 Å². The number of carbonyl (C=O) groups excluding carboxylic acids is 2. The molecule has 6 heteroatoms. The minimum absolute atomic E-state index is 0.0887. The van der Waals surface area contributed by atoms with Crippen LogP contribution in [0, 0.1) is 23.7 Å². The van der Waals surface area contributed by atoms with E-state index in [1.807, 2.05) is 51.8 Å². The maximum absolute atomic E-state index is 12.7. The van der Waals surface area contributed by atoms with E-state index >= 15 is 0 Å². The summed E-state index contributed by atoms with van der Waals surface area (Å²) in [4.78, 5) is 29.4. The van der Waals surface area contributed by atoms with Gasteiger partial charge in [-0.25, -0.2) is 0 Å². The molecule has 0 saturated heterocycles. The Kier molecular flexibility index (Phi) is 6.63. The fourth-order valence-electron chi connectivity index (χ4n) is 4.12. The molecular formula is C19H32N2O4. The number of nitrogens with zero attached hydrogens (tertiary/aromatic N) is 2. The lowest BCUT2D eigenvalue weighted by Crippen LogP contribution is -2.39. The van der Waals surface area contributed by atoms with Crippen molar-refractivity contribution in [2.24, 2.45) is 23.7 Å². The molecule has 0 amide bonds. The number of fused-ring (bicyclic) bond motifs is 2. The highest BCUT2D eigenvalue weighted by Crippen LogP contribution is 2.49. The van der Waals surface area contributed by atoms with Crippen LogP contribution in [0.1, 0.15) is 20.3 Å². The van der Waals surface area contributed by atoms with Gasteiger partial charge >= 0.3 is 11.9 Å². The SMILES string of the molecule is CC(CN(C)C)OC(=O)C1C2C=CC(C2)C1C(=O)OC(C)CN(C)C. The van der Waals surface area contributed by atoms with Crippen LogP contribution in [0.5, 0.6) is 0 Å². The van der Waals surface area contributed by atoms with Gasteiger partial charge in [0, 0.05) is 13.1 Å². The summed E-state index contributed by atoms with van der Waals surface area (Å²) in [7, 11) is 7.77. The van der Waals surface area contributed by atoms with E-state index in [0.717, 1.165) is 6.42 Å². The molecule has 6 unspecified atom stereocenters. The molecule has 1 fully saturated rings. The van der Waals surface area contributed by atoms with E-state index in [0.29, 0.717) is 13.1 Å². The van der Waals surface area contributed by atoms with E-state index in [1.54, 1.807) is 0 Å². The van der Waals surface area contributed by atoms with E-state index < -0.39 is 11.8 Å². The molecule has 0 heterocycles. The van der Waals surface area contributed by atoms with E-state index in [4.69, 9.17) is 9.47 Å². The lowest BCUT2D eigenvalue weighted by Gasteiger charge is -2.28. The number of carbonyl (C=O) groups is 2. The van der Waals surface area contributed by atoms with Gasteiger partial charge in [-0.1, -0.05) is 12.2 Å². The second-order valence-electron chi connectivity index (χ2n) is 8.02. The Balaban J connectivity index is 2.02. The first-order chi connectivity index (χ1) is 11.7. The number of ether oxygens (including phenoxy) is 2. The summed E-state index contributed by atoms with van der Waals surface area (Å²) < 4.78 is 11.2. The number of likely N-dealkylation sites (N-methyl/N-ethyl adjacent to an activating group) is 2. The topological polar surface area (TPSA) is 59.1 Å². The Morgan fingerprint density at radius 2 is 1.24 bits per heavy atom. The first-order valence-corrected chi connectivity index (χ1v) is 9.07. The maximum Gasteiger partial charge on any atom is 0.310 e. The molecule has 0 aromatic carbocycles. The zero-order valence-electron chi connectivity index (χ0n) is 16.3. The molecule has 2 bridgehead atoms. The van der Waals surface area contributed by atoms with Gasteiger partial charge in [-0.05, 0) is 60.3 Å². The molecule has 0 aromatic rings. The summed E-state index contributed by atoms with van der Waals surface area (Å²) in [5.74, 6) is -1.20. The van der Waals surface area contributed by atoms with Crippen LogP contribution in [0.3, 0.4) is 0 Å². The zero-order valence-corrected chi connectivity index (χ0v) is 16.3. The van der Waals surface area contributed by atoms with Crippen molar-refractivity contribution >= 4 is 11.9 Å². The normalized spacial score (nSPS) is 29.9. The van der Waals surface area contributed by atoms with E-state index in [9.17, 15) is 9.59 Å². The molecule has 6 atom stereocenters. The summed E-state index contributed by atoms with van der Waals surface area (Å²) in [6, 6.07) is 0. The second-order valence-corrected chi connectivity index (χ2v) is 8.02. The Morgan fingerprint density at radius 1 is 0.880 bits per heavy atom. The van der Waals surface area contributed by atoms with Crippen LogP contribution in [0.4, 0.5) is 0 Å². The standard InChI is InChI=1S/C19H32N2O4/c1-12(10-20(3)4)24-18(22)16-14-7-8-15(9-14)17(16)19(23)25-13(2)11-21(5)6/h7-8,12-17H,9-11H2,1-6H3. The zero-order chi connectivity index (χ0) is 18.7. The molecule has 2 aliphatic rings. The predicted octanol–water partition coefficient (Wildman–Crippen LogP) is 1.41. The molecule has 0 aromatic heterocycles. The van der Waals surface area contributed by atoms with Crippen molar-refractivity contribution in [2.45, 2.75) is 32.5 Å². The molecule has 6 nitrogen and oxygen atoms in total. The van der Waals surface area contributed by atoms with Gasteiger partial charge in [0.15, 0.2) is 0 Å². The van der Waals surface area contributed by atoms with Crippen molar-refractivity contribution < 1.29 is 19.1 Å². The molecule has 0 aliphatic heterocycles. The number of esters is 2. The third kappa shape index (κ3) is 5.05. The average Bonchev–Trinajstić information content (AvgIpc) is 3.05. The Bertz CT molecular complexity index is 474. The molecule has 1 saturated carbocycles. The van der Waals surface area contributed by atoms with Gasteiger partial charge in [0.25, 0.3) is 0 Å². The summed E-state index contributed by atoms with van der Waals surface area (Å²) in [5, 5.41) is 0. The maximum atomic E-state index is 12.7. The van der Waals surface area contributed by atoms with Crippen LogP contribution in [-0.2, 0) is 19.1 Å². The molecule has 0 spiro atoms. The van der Waals surface area contributed by atoms with Crippen LogP contribution >= 0.6 is 0 Å². The number of hydrogen-bond acceptors (Lipinski definition) is 6. The molecule has 2 rings (SSSR count). The minimum atomic E-state index is -0.418. The summed E-state index contributed by atoms with van der Waals surface area (Å²) in [6.45, 7) is 5.09. The number of allylic oxidation sites excluding steroid dienone is 2. The summed E-state index contributed by atoms with van der Waals surface area (Å²) in [6.07, 6.45) is 4.55. The number of hydrogen-bond donors (Lipinski definition) is 0. The molecule has 0 radical (unpaired) electrons. The third-order valence-corrected chi connectivity index (χ3v) is 4.88. The molecule has 0 N–H and O–H groups in total. The Morgan fingerprint density at radius 3 is 1.56 bits per heavy atom. The highest BCUT2D eigenvalue weighted by molar-refractivity contribution is 5.84. The number of rotatable bonds is 8. The van der Waals surface area contributed by atoms with Gasteiger partial charge < -0.3 is 19.3 Å². The van der Waals surface area contributed by atoms with E-state index in [2.05, 4.69) is 12.2 Å². The van der Waals surface area contributed by atoms with Gasteiger partial charge in [-0.15, -0.1) is 0 Å². The second kappa shape index (κ2) is 8.32. The third-order valence-electron chi connectivity index (χ3n) is 4.88. The lowest BCUT2D eigenvalue weighted by molar-refractivity contribution is -0.167. The van der Waals surface area contributed by atoms with E-state index in [-0.39, 0.29) is 36.0 Å². The molecule has 2 aliphatic carbocycles. The van der Waals surface area contributed by atoms with Crippen molar-refractivity contribution in [3.63, 3.8) is 0 Å². The van der Waals surface area contributed by atoms with Crippen molar-refractivity contribution in [2.75, 3.05) is 41.3 Å². The Hall–Kier alpha value is -1.40. The van der Waals surface area contributed by atoms with Crippen LogP contribution in [0.25, 0.3) is 0 Å². The summed E-state index contributed by atoms with van der Waals surface area (Å²) >= 11 is 0. The lowest BCUT2D eigenvalue weighted by atomic mass is 9.83. The van der Waals surface area contributed by atoms with Gasteiger partial charge in [0.1, 0.15) is 12.2 Å². The molecule has 25 heavy (non-hydrogen) atoms. The van der Waals surface area contributed by atoms with Crippen molar-refractivity contribution in [3.8, 4) is 0 Å². The van der Waals surface area contributed by atoms with Crippen LogP contribution in [-0.4, -0.2) is 75.2 Å². The van der Waals surface area contributed by atoms with Crippen LogP contribution < -0.4 is 0 Å². The van der Waals surface area contributed by atoms with Gasteiger partial charge in [-0.3, -0.25) is 9.59 Å². The van der Waals surface area contributed by atoms with E-state index in [1.165, 1.54) is 0 Å². The largest absolute Gasteiger partial charge is 0.461 e. The van der Waals surface area contributed by atoms with Gasteiger partial charge in [-0.2, -0.15) is 0 Å². The predicted molar refractivity (Wildman–Crippen MR) is 95.9 cm³/mol. The first-order valence-electron chi connectivity index (χ1n) is 9.07. The highest BCUT2D eigenvalue weighted by atomic mass is 16.6. The first kappa shape index (κ1) is 19.9. The Labute approximate surface area is 151 Å². The van der Waals surface area contributed by atoms with Crippen molar-refractivity contribution in [3.05, 3.63) is 12.2 Å². The fourth-order valence-corrected chi connectivity index (χ4v) is 4.12. The van der Waals surface area contributed by atoms with Crippen molar-refractivity contribution in [1.82, 2.24) is 9.80 Å². The fraction of sp³-hybridized carbons (Fsp3) is 0.789. The van der Waals surface area contributed by atoms with Gasteiger partial charge in [0.05, 0.1) is 11.8 Å². The van der Waals surface area contributed by atoms with Crippen LogP contribution in [0.15, 0.2) is 12.2 Å². The average molecular weight is 352 g/mol. The quantitative estimate of drug-likeness (QED) is 0.486. The molecular weight excluding hydrogens is 320 g/mol. The molecule has 142 valence electrons. The smallest absolute Gasteiger partial charge is 0.310 e. The highest BCUT2D eigenvalue weighted by Gasteiger charge is 2.53. The van der Waals surface area contributed by atoms with Gasteiger partial charge in [0.2, 0.25) is 0 Å². The minimum Gasteiger partial charge on any atom is -0.461 e. The summed E-state index contributed by atoms with van der Waals surface area (Å²) in [5.41, 5.74) is 0. The monoisotopic (exact) mass is 352 g/mol.